The Bertz CT molecular complexity index is 569. The maximum absolute atomic E-state index is 12.6. The van der Waals surface area contributed by atoms with Gasteiger partial charge in [-0.25, -0.2) is 0 Å². The van der Waals surface area contributed by atoms with Crippen molar-refractivity contribution in [3.05, 3.63) is 0 Å². The highest BCUT2D eigenvalue weighted by atomic mass is 127. The van der Waals surface area contributed by atoms with Crippen molar-refractivity contribution in [1.82, 2.24) is 25.3 Å². The summed E-state index contributed by atoms with van der Waals surface area (Å²) in [5.41, 5.74) is 0. The van der Waals surface area contributed by atoms with Crippen LogP contribution in [0, 0.1) is 5.92 Å². The molecule has 2 amide bonds. The first-order valence-corrected chi connectivity index (χ1v) is 10.9. The Hall–Kier alpha value is -1.10. The van der Waals surface area contributed by atoms with Gasteiger partial charge in [-0.15, -0.1) is 24.0 Å². The lowest BCUT2D eigenvalue weighted by Gasteiger charge is -2.39. The summed E-state index contributed by atoms with van der Waals surface area (Å²) in [7, 11) is 0. The summed E-state index contributed by atoms with van der Waals surface area (Å²) in [5, 5.41) is 6.32. The summed E-state index contributed by atoms with van der Waals surface area (Å²) < 4.78 is 0. The van der Waals surface area contributed by atoms with E-state index in [1.54, 1.807) is 0 Å². The second-order valence-electron chi connectivity index (χ2n) is 8.03. The number of carbonyl (C=O) groups is 2. The van der Waals surface area contributed by atoms with Crippen molar-refractivity contribution in [2.45, 2.75) is 45.6 Å². The van der Waals surface area contributed by atoms with Gasteiger partial charge in [-0.1, -0.05) is 0 Å². The Morgan fingerprint density at radius 1 is 1.00 bits per heavy atom. The van der Waals surface area contributed by atoms with Crippen molar-refractivity contribution in [1.29, 1.82) is 0 Å². The Balaban J connectivity index is 0.00000300. The molecule has 3 fully saturated rings. The molecule has 2 heterocycles. The number of likely N-dealkylation sites (tertiary alicyclic amines) is 1. The summed E-state index contributed by atoms with van der Waals surface area (Å²) in [6, 6.07) is -0.0441. The molecule has 3 rings (SSSR count). The standard InChI is InChI=1S/C20H36N6O2.HI/c1-3-21-20(23-9-8-22-18(27)17-6-7-17)26-14-12-24(13-15-26)16(2)19(28)25-10-4-5-11-25;/h16-17H,3-15H2,1-2H3,(H,21,23)(H,22,27);1H. The third-order valence-electron chi connectivity index (χ3n) is 5.89. The van der Waals surface area contributed by atoms with E-state index < -0.39 is 0 Å². The molecule has 0 aromatic heterocycles. The van der Waals surface area contributed by atoms with Crippen LogP contribution in [0.2, 0.25) is 0 Å². The molecule has 0 bridgehead atoms. The minimum Gasteiger partial charge on any atom is -0.357 e. The van der Waals surface area contributed by atoms with Gasteiger partial charge in [0.05, 0.1) is 12.6 Å². The van der Waals surface area contributed by atoms with E-state index in [4.69, 9.17) is 0 Å². The summed E-state index contributed by atoms with van der Waals surface area (Å²) in [4.78, 5) is 35.6. The van der Waals surface area contributed by atoms with Gasteiger partial charge in [0.25, 0.3) is 0 Å². The number of piperazine rings is 1. The SMILES string of the molecule is CCNC(=NCCNC(=O)C1CC1)N1CCN(C(C)C(=O)N2CCCC2)CC1.I. The fourth-order valence-electron chi connectivity index (χ4n) is 3.94. The van der Waals surface area contributed by atoms with E-state index in [1.807, 2.05) is 11.8 Å². The highest BCUT2D eigenvalue weighted by Gasteiger charge is 2.31. The van der Waals surface area contributed by atoms with Crippen LogP contribution in [0.15, 0.2) is 4.99 Å². The van der Waals surface area contributed by atoms with Gasteiger partial charge in [0, 0.05) is 58.3 Å². The molecule has 166 valence electrons. The van der Waals surface area contributed by atoms with Gasteiger partial charge < -0.3 is 20.4 Å². The van der Waals surface area contributed by atoms with E-state index in [0.717, 1.165) is 77.5 Å². The largest absolute Gasteiger partial charge is 0.357 e. The van der Waals surface area contributed by atoms with Crippen molar-refractivity contribution in [2.24, 2.45) is 10.9 Å². The fourth-order valence-corrected chi connectivity index (χ4v) is 3.94. The second-order valence-corrected chi connectivity index (χ2v) is 8.03. The number of carbonyl (C=O) groups excluding carboxylic acids is 2. The summed E-state index contributed by atoms with van der Waals surface area (Å²) in [5.74, 6) is 1.60. The normalized spacial score (nSPS) is 21.5. The van der Waals surface area contributed by atoms with Crippen molar-refractivity contribution < 1.29 is 9.59 Å². The summed E-state index contributed by atoms with van der Waals surface area (Å²) >= 11 is 0. The molecule has 0 aromatic rings. The third kappa shape index (κ3) is 6.97. The molecule has 1 aliphatic carbocycles. The molecule has 0 radical (unpaired) electrons. The van der Waals surface area contributed by atoms with Gasteiger partial charge >= 0.3 is 0 Å². The monoisotopic (exact) mass is 520 g/mol. The lowest BCUT2D eigenvalue weighted by molar-refractivity contribution is -0.135. The average molecular weight is 520 g/mol. The van der Waals surface area contributed by atoms with Crippen LogP contribution < -0.4 is 10.6 Å². The van der Waals surface area contributed by atoms with Gasteiger partial charge in [0.15, 0.2) is 5.96 Å². The summed E-state index contributed by atoms with van der Waals surface area (Å²) in [6.45, 7) is 11.4. The highest BCUT2D eigenvalue weighted by Crippen LogP contribution is 2.28. The maximum atomic E-state index is 12.6. The van der Waals surface area contributed by atoms with Crippen LogP contribution in [0.5, 0.6) is 0 Å². The fraction of sp³-hybridized carbons (Fsp3) is 0.850. The van der Waals surface area contributed by atoms with Crippen LogP contribution in [-0.4, -0.2) is 97.4 Å². The molecule has 8 nitrogen and oxygen atoms in total. The van der Waals surface area contributed by atoms with Crippen LogP contribution >= 0.6 is 24.0 Å². The number of hydrogen-bond acceptors (Lipinski definition) is 4. The van der Waals surface area contributed by atoms with E-state index in [0.29, 0.717) is 13.1 Å². The first kappa shape index (κ1) is 24.2. The molecule has 1 saturated carbocycles. The lowest BCUT2D eigenvalue weighted by Crippen LogP contribution is -2.57. The number of halogens is 1. The minimum absolute atomic E-state index is 0. The molecule has 2 aliphatic heterocycles. The van der Waals surface area contributed by atoms with Crippen LogP contribution in [0.4, 0.5) is 0 Å². The third-order valence-corrected chi connectivity index (χ3v) is 5.89. The predicted octanol–water partition coefficient (Wildman–Crippen LogP) is 0.725. The van der Waals surface area contributed by atoms with Crippen molar-refractivity contribution in [2.75, 3.05) is 58.9 Å². The molecule has 3 aliphatic rings. The summed E-state index contributed by atoms with van der Waals surface area (Å²) in [6.07, 6.45) is 4.33. The molecule has 0 aromatic carbocycles. The predicted molar refractivity (Wildman–Crippen MR) is 126 cm³/mol. The van der Waals surface area contributed by atoms with Crippen LogP contribution in [0.1, 0.15) is 39.5 Å². The van der Waals surface area contributed by atoms with Gasteiger partial charge in [0.2, 0.25) is 11.8 Å². The van der Waals surface area contributed by atoms with E-state index in [-0.39, 0.29) is 47.8 Å². The van der Waals surface area contributed by atoms with E-state index in [2.05, 4.69) is 32.3 Å². The first-order valence-electron chi connectivity index (χ1n) is 10.9. The first-order chi connectivity index (χ1) is 13.6. The average Bonchev–Trinajstić information content (AvgIpc) is 3.43. The minimum atomic E-state index is -0.0441. The molecule has 0 spiro atoms. The van der Waals surface area contributed by atoms with Crippen LogP contribution in [0.3, 0.4) is 0 Å². The number of guanidine groups is 1. The molecule has 1 unspecified atom stereocenters. The molecule has 1 atom stereocenters. The van der Waals surface area contributed by atoms with Gasteiger partial charge in [-0.2, -0.15) is 0 Å². The number of rotatable bonds is 7. The zero-order valence-corrected chi connectivity index (χ0v) is 20.2. The molecular weight excluding hydrogens is 483 g/mol. The van der Waals surface area contributed by atoms with E-state index in [9.17, 15) is 9.59 Å². The van der Waals surface area contributed by atoms with Crippen molar-refractivity contribution in [3.63, 3.8) is 0 Å². The Labute approximate surface area is 191 Å². The zero-order valence-electron chi connectivity index (χ0n) is 17.9. The zero-order chi connectivity index (χ0) is 19.9. The van der Waals surface area contributed by atoms with Gasteiger partial charge in [0.1, 0.15) is 0 Å². The quantitative estimate of drug-likeness (QED) is 0.224. The maximum Gasteiger partial charge on any atom is 0.239 e. The lowest BCUT2D eigenvalue weighted by atomic mass is 10.2. The van der Waals surface area contributed by atoms with Crippen LogP contribution in [-0.2, 0) is 9.59 Å². The van der Waals surface area contributed by atoms with Crippen molar-refractivity contribution >= 4 is 41.8 Å². The van der Waals surface area contributed by atoms with Crippen molar-refractivity contribution in [3.8, 4) is 0 Å². The Kier molecular flexibility index (Phi) is 9.94. The molecule has 29 heavy (non-hydrogen) atoms. The number of nitrogens with zero attached hydrogens (tertiary/aromatic N) is 4. The molecule has 2 saturated heterocycles. The topological polar surface area (TPSA) is 80.3 Å². The number of amides is 2. The van der Waals surface area contributed by atoms with Gasteiger partial charge in [-0.3, -0.25) is 19.5 Å². The molecular formula is C20H37IN6O2. The highest BCUT2D eigenvalue weighted by molar-refractivity contribution is 14.0. The smallest absolute Gasteiger partial charge is 0.239 e. The molecule has 9 heteroatoms. The van der Waals surface area contributed by atoms with E-state index in [1.165, 1.54) is 0 Å². The Morgan fingerprint density at radius 3 is 2.24 bits per heavy atom. The van der Waals surface area contributed by atoms with E-state index >= 15 is 0 Å². The number of hydrogen-bond donors (Lipinski definition) is 2. The number of aliphatic imine (C=N–C) groups is 1. The molecule has 2 N–H and O–H groups in total. The van der Waals surface area contributed by atoms with Crippen LogP contribution in [0.25, 0.3) is 0 Å². The second kappa shape index (κ2) is 11.9. The van der Waals surface area contributed by atoms with Gasteiger partial charge in [-0.05, 0) is 39.5 Å². The number of nitrogens with one attached hydrogen (secondary N) is 2. The Morgan fingerprint density at radius 2 is 1.66 bits per heavy atom.